The Labute approximate surface area is 92.5 Å². The molecule has 0 bridgehead atoms. The first-order valence-corrected chi connectivity index (χ1v) is 5.30. The number of hydrogen-bond acceptors (Lipinski definition) is 5. The minimum atomic E-state index is 0.115. The fourth-order valence-corrected chi connectivity index (χ4v) is 1.58. The van der Waals surface area contributed by atoms with E-state index in [2.05, 4.69) is 20.1 Å². The van der Waals surface area contributed by atoms with Crippen LogP contribution in [-0.2, 0) is 0 Å². The van der Waals surface area contributed by atoms with Crippen LogP contribution in [0.5, 0.6) is 6.01 Å². The highest BCUT2D eigenvalue weighted by Gasteiger charge is 2.07. The van der Waals surface area contributed by atoms with Crippen molar-refractivity contribution in [3.8, 4) is 6.01 Å². The maximum atomic E-state index is 5.58. The molecule has 5 nitrogen and oxygen atoms in total. The molecular formula is C9H11ClN4O. The number of halogens is 1. The summed E-state index contributed by atoms with van der Waals surface area (Å²) in [6.45, 7) is 0. The minimum Gasteiger partial charge on any atom is -0.315 e. The second kappa shape index (κ2) is 5.02. The van der Waals surface area contributed by atoms with Crippen molar-refractivity contribution in [2.75, 3.05) is 0 Å². The number of oxime groups is 1. The Balaban J connectivity index is 1.96. The number of nitrogens with zero attached hydrogens (tertiary/aromatic N) is 4. The highest BCUT2D eigenvalue weighted by atomic mass is 35.5. The lowest BCUT2D eigenvalue weighted by molar-refractivity contribution is 0.307. The maximum absolute atomic E-state index is 5.58. The Morgan fingerprint density at radius 1 is 1.20 bits per heavy atom. The molecule has 0 spiro atoms. The molecule has 0 amide bonds. The standard InChI is InChI=1S/C9H11ClN4O/c10-8-11-6-12-9(13-8)15-14-7-4-2-1-3-5-7/h6H,1-5H2. The Bertz CT molecular complexity index is 361. The third-order valence-corrected chi connectivity index (χ3v) is 2.39. The van der Waals surface area contributed by atoms with Crippen molar-refractivity contribution in [2.24, 2.45) is 5.16 Å². The fraction of sp³-hybridized carbons (Fsp3) is 0.556. The number of rotatable bonds is 2. The zero-order valence-corrected chi connectivity index (χ0v) is 8.94. The van der Waals surface area contributed by atoms with Gasteiger partial charge in [0, 0.05) is 0 Å². The normalized spacial score (nSPS) is 16.2. The molecule has 0 aromatic carbocycles. The van der Waals surface area contributed by atoms with Gasteiger partial charge in [0.2, 0.25) is 5.28 Å². The monoisotopic (exact) mass is 226 g/mol. The van der Waals surface area contributed by atoms with Gasteiger partial charge in [-0.25, -0.2) is 4.98 Å². The molecule has 0 saturated heterocycles. The first-order chi connectivity index (χ1) is 7.34. The largest absolute Gasteiger partial charge is 0.349 e. The van der Waals surface area contributed by atoms with E-state index >= 15 is 0 Å². The molecule has 1 aromatic heterocycles. The summed E-state index contributed by atoms with van der Waals surface area (Å²) >= 11 is 5.58. The lowest BCUT2D eigenvalue weighted by atomic mass is 9.99. The van der Waals surface area contributed by atoms with Crippen molar-refractivity contribution in [2.45, 2.75) is 32.1 Å². The molecule has 0 unspecified atom stereocenters. The molecule has 0 atom stereocenters. The summed E-state index contributed by atoms with van der Waals surface area (Å²) in [5, 5.41) is 4.11. The van der Waals surface area contributed by atoms with Gasteiger partial charge in [-0.1, -0.05) is 11.6 Å². The Morgan fingerprint density at radius 3 is 2.73 bits per heavy atom. The summed E-state index contributed by atoms with van der Waals surface area (Å²) in [5.41, 5.74) is 1.07. The summed E-state index contributed by atoms with van der Waals surface area (Å²) in [5.74, 6) is 0. The number of hydrogen-bond donors (Lipinski definition) is 0. The topological polar surface area (TPSA) is 60.3 Å². The smallest absolute Gasteiger partial charge is 0.315 e. The summed E-state index contributed by atoms with van der Waals surface area (Å²) < 4.78 is 0. The molecule has 6 heteroatoms. The van der Waals surface area contributed by atoms with Gasteiger partial charge < -0.3 is 4.84 Å². The average molecular weight is 227 g/mol. The second-order valence-electron chi connectivity index (χ2n) is 3.35. The van der Waals surface area contributed by atoms with Gasteiger partial charge in [-0.15, -0.1) is 0 Å². The van der Waals surface area contributed by atoms with Crippen molar-refractivity contribution in [1.29, 1.82) is 0 Å². The highest BCUT2D eigenvalue weighted by molar-refractivity contribution is 6.28. The zero-order chi connectivity index (χ0) is 10.5. The van der Waals surface area contributed by atoms with Gasteiger partial charge >= 0.3 is 6.01 Å². The van der Waals surface area contributed by atoms with E-state index in [1.165, 1.54) is 25.6 Å². The van der Waals surface area contributed by atoms with Crippen LogP contribution < -0.4 is 4.84 Å². The van der Waals surface area contributed by atoms with Crippen LogP contribution in [0.3, 0.4) is 0 Å². The molecule has 0 radical (unpaired) electrons. The molecule has 1 aromatic rings. The Morgan fingerprint density at radius 2 is 2.00 bits per heavy atom. The molecule has 1 saturated carbocycles. The van der Waals surface area contributed by atoms with E-state index in [1.54, 1.807) is 0 Å². The SMILES string of the molecule is Clc1ncnc(ON=C2CCCCC2)n1. The van der Waals surface area contributed by atoms with Crippen LogP contribution in [0.2, 0.25) is 5.28 Å². The van der Waals surface area contributed by atoms with Crippen molar-refractivity contribution in [1.82, 2.24) is 15.0 Å². The lowest BCUT2D eigenvalue weighted by Gasteiger charge is -2.10. The van der Waals surface area contributed by atoms with Gasteiger partial charge in [-0.3, -0.25) is 0 Å². The summed E-state index contributed by atoms with van der Waals surface area (Å²) in [6.07, 6.45) is 6.93. The molecule has 1 heterocycles. The van der Waals surface area contributed by atoms with E-state index in [-0.39, 0.29) is 11.3 Å². The predicted molar refractivity (Wildman–Crippen MR) is 56.0 cm³/mol. The summed E-state index contributed by atoms with van der Waals surface area (Å²) in [4.78, 5) is 16.3. The van der Waals surface area contributed by atoms with Crippen LogP contribution in [0.1, 0.15) is 32.1 Å². The van der Waals surface area contributed by atoms with Crippen molar-refractivity contribution in [3.63, 3.8) is 0 Å². The molecular weight excluding hydrogens is 216 g/mol. The van der Waals surface area contributed by atoms with Gasteiger partial charge in [0.05, 0.1) is 5.71 Å². The van der Waals surface area contributed by atoms with Gasteiger partial charge in [-0.2, -0.15) is 9.97 Å². The Kier molecular flexibility index (Phi) is 3.45. The fourth-order valence-electron chi connectivity index (χ4n) is 1.46. The van der Waals surface area contributed by atoms with Crippen LogP contribution in [0.15, 0.2) is 11.5 Å². The third kappa shape index (κ3) is 3.13. The number of aromatic nitrogens is 3. The summed E-state index contributed by atoms with van der Waals surface area (Å²) in [6, 6.07) is 0.146. The van der Waals surface area contributed by atoms with E-state index in [0.717, 1.165) is 18.6 Å². The molecule has 0 N–H and O–H groups in total. The van der Waals surface area contributed by atoms with E-state index < -0.39 is 0 Å². The van der Waals surface area contributed by atoms with Crippen LogP contribution in [-0.4, -0.2) is 20.7 Å². The van der Waals surface area contributed by atoms with E-state index in [1.807, 2.05) is 0 Å². The summed E-state index contributed by atoms with van der Waals surface area (Å²) in [7, 11) is 0. The first-order valence-electron chi connectivity index (χ1n) is 4.92. The molecule has 2 rings (SSSR count). The van der Waals surface area contributed by atoms with Crippen molar-refractivity contribution >= 4 is 17.3 Å². The Hall–Kier alpha value is -1.23. The lowest BCUT2D eigenvalue weighted by Crippen LogP contribution is -2.06. The van der Waals surface area contributed by atoms with E-state index in [0.29, 0.717) is 0 Å². The van der Waals surface area contributed by atoms with E-state index in [9.17, 15) is 0 Å². The molecule has 1 aliphatic rings. The zero-order valence-electron chi connectivity index (χ0n) is 8.19. The van der Waals surface area contributed by atoms with Gasteiger partial charge in [0.1, 0.15) is 6.33 Å². The molecule has 80 valence electrons. The van der Waals surface area contributed by atoms with Crippen molar-refractivity contribution < 1.29 is 4.84 Å². The first kappa shape index (κ1) is 10.3. The van der Waals surface area contributed by atoms with Crippen LogP contribution in [0, 0.1) is 0 Å². The third-order valence-electron chi connectivity index (χ3n) is 2.21. The van der Waals surface area contributed by atoms with Crippen LogP contribution >= 0.6 is 11.6 Å². The highest BCUT2D eigenvalue weighted by Crippen LogP contribution is 2.15. The molecule has 1 aliphatic carbocycles. The maximum Gasteiger partial charge on any atom is 0.349 e. The van der Waals surface area contributed by atoms with E-state index in [4.69, 9.17) is 16.4 Å². The van der Waals surface area contributed by atoms with Crippen LogP contribution in [0.25, 0.3) is 0 Å². The average Bonchev–Trinajstić information content (AvgIpc) is 2.28. The van der Waals surface area contributed by atoms with Gasteiger partial charge in [-0.05, 0) is 37.3 Å². The van der Waals surface area contributed by atoms with Gasteiger partial charge in [0.25, 0.3) is 0 Å². The minimum absolute atomic E-state index is 0.115. The predicted octanol–water partition coefficient (Wildman–Crippen LogP) is 2.22. The molecule has 1 fully saturated rings. The van der Waals surface area contributed by atoms with Crippen LogP contribution in [0.4, 0.5) is 0 Å². The molecule has 15 heavy (non-hydrogen) atoms. The second-order valence-corrected chi connectivity index (χ2v) is 3.68. The van der Waals surface area contributed by atoms with Crippen molar-refractivity contribution in [3.05, 3.63) is 11.6 Å². The molecule has 0 aliphatic heterocycles. The quantitative estimate of drug-likeness (QED) is 0.726. The van der Waals surface area contributed by atoms with Gasteiger partial charge in [0.15, 0.2) is 0 Å².